The van der Waals surface area contributed by atoms with Crippen LogP contribution in [-0.2, 0) is 0 Å². The number of anilines is 1. The van der Waals surface area contributed by atoms with E-state index in [1.165, 1.54) is 0 Å². The highest BCUT2D eigenvalue weighted by atomic mass is 32.1. The highest BCUT2D eigenvalue weighted by Gasteiger charge is 2.26. The molecule has 1 aliphatic heterocycles. The van der Waals surface area contributed by atoms with Gasteiger partial charge in [-0.25, -0.2) is 0 Å². The second kappa shape index (κ2) is 3.51. The number of β-amino-alcohol motifs (C(OH)–C–C–N with tert-alkyl or cyclic N) is 1. The van der Waals surface area contributed by atoms with Crippen LogP contribution < -0.4 is 10.6 Å². The maximum Gasteiger partial charge on any atom is 0.107 e. The molecule has 1 aromatic heterocycles. The second-order valence-corrected chi connectivity index (χ2v) is 3.76. The predicted molar refractivity (Wildman–Crippen MR) is 58.3 cm³/mol. The Morgan fingerprint density at radius 1 is 1.64 bits per heavy atom. The van der Waals surface area contributed by atoms with Crippen molar-refractivity contribution in [3.05, 3.63) is 24.0 Å². The summed E-state index contributed by atoms with van der Waals surface area (Å²) in [5.41, 5.74) is 7.30. The monoisotopic (exact) mass is 209 g/mol. The Morgan fingerprint density at radius 2 is 2.36 bits per heavy atom. The first-order valence-corrected chi connectivity index (χ1v) is 4.76. The molecule has 1 aliphatic rings. The van der Waals surface area contributed by atoms with Crippen molar-refractivity contribution in [3.63, 3.8) is 0 Å². The van der Waals surface area contributed by atoms with Gasteiger partial charge >= 0.3 is 0 Å². The zero-order valence-electron chi connectivity index (χ0n) is 7.55. The minimum absolute atomic E-state index is 0.234. The first kappa shape index (κ1) is 9.36. The number of aliphatic hydroxyl groups excluding tert-OH is 1. The van der Waals surface area contributed by atoms with Crippen LogP contribution in [0.15, 0.2) is 18.5 Å². The molecule has 1 saturated heterocycles. The van der Waals surface area contributed by atoms with Crippen LogP contribution in [0.4, 0.5) is 5.69 Å². The molecule has 5 heteroatoms. The molecule has 14 heavy (non-hydrogen) atoms. The van der Waals surface area contributed by atoms with Gasteiger partial charge in [0.1, 0.15) is 4.99 Å². The Kier molecular flexibility index (Phi) is 2.35. The number of thiocarbonyl (C=S) groups is 1. The lowest BCUT2D eigenvalue weighted by atomic mass is 10.1. The fourth-order valence-corrected chi connectivity index (χ4v) is 1.66. The van der Waals surface area contributed by atoms with Crippen molar-refractivity contribution in [1.82, 2.24) is 4.98 Å². The fourth-order valence-electron chi connectivity index (χ4n) is 1.50. The fraction of sp³-hybridized carbons (Fsp3) is 0.333. The lowest BCUT2D eigenvalue weighted by Gasteiger charge is -2.38. The van der Waals surface area contributed by atoms with E-state index in [2.05, 4.69) is 4.98 Å². The van der Waals surface area contributed by atoms with Crippen molar-refractivity contribution < 1.29 is 5.11 Å². The van der Waals surface area contributed by atoms with Gasteiger partial charge in [-0.3, -0.25) is 4.98 Å². The smallest absolute Gasteiger partial charge is 0.107 e. The summed E-state index contributed by atoms with van der Waals surface area (Å²) in [6.45, 7) is 1.28. The Balaban J connectivity index is 2.28. The van der Waals surface area contributed by atoms with Crippen molar-refractivity contribution in [1.29, 1.82) is 0 Å². The van der Waals surface area contributed by atoms with Crippen LogP contribution in [-0.4, -0.2) is 34.3 Å². The normalized spacial score (nSPS) is 16.5. The van der Waals surface area contributed by atoms with Crippen LogP contribution in [0.2, 0.25) is 0 Å². The molecule has 0 aromatic carbocycles. The molecule has 0 amide bonds. The molecule has 2 rings (SSSR count). The predicted octanol–water partition coefficient (Wildman–Crippen LogP) is -0.103. The number of hydrogen-bond acceptors (Lipinski definition) is 4. The molecular weight excluding hydrogens is 198 g/mol. The minimum Gasteiger partial charge on any atom is -0.389 e. The van der Waals surface area contributed by atoms with Gasteiger partial charge in [0.2, 0.25) is 0 Å². The summed E-state index contributed by atoms with van der Waals surface area (Å²) in [5, 5.41) is 9.19. The third kappa shape index (κ3) is 1.56. The van der Waals surface area contributed by atoms with Gasteiger partial charge < -0.3 is 15.7 Å². The van der Waals surface area contributed by atoms with Crippen LogP contribution in [0, 0.1) is 0 Å². The average molecular weight is 209 g/mol. The Labute approximate surface area is 87.4 Å². The summed E-state index contributed by atoms with van der Waals surface area (Å²) in [6, 6.07) is 1.86. The first-order valence-electron chi connectivity index (χ1n) is 4.35. The number of nitrogens with two attached hydrogens (primary N) is 1. The molecular formula is C9H11N3OS. The SMILES string of the molecule is NC(=S)c1cnccc1N1CC(O)C1. The molecule has 0 spiro atoms. The molecule has 0 atom stereocenters. The molecule has 74 valence electrons. The van der Waals surface area contributed by atoms with Gasteiger partial charge in [0.15, 0.2) is 0 Å². The van der Waals surface area contributed by atoms with Crippen LogP contribution in [0.1, 0.15) is 5.56 Å². The van der Waals surface area contributed by atoms with E-state index in [-0.39, 0.29) is 6.10 Å². The highest BCUT2D eigenvalue weighted by Crippen LogP contribution is 2.24. The molecule has 0 aliphatic carbocycles. The summed E-state index contributed by atoms with van der Waals surface area (Å²) in [6.07, 6.45) is 3.12. The molecule has 3 N–H and O–H groups in total. The number of aliphatic hydroxyl groups is 1. The van der Waals surface area contributed by atoms with Crippen molar-refractivity contribution in [2.75, 3.05) is 18.0 Å². The van der Waals surface area contributed by atoms with E-state index >= 15 is 0 Å². The van der Waals surface area contributed by atoms with Crippen molar-refractivity contribution in [3.8, 4) is 0 Å². The number of aromatic nitrogens is 1. The van der Waals surface area contributed by atoms with Gasteiger partial charge in [-0.15, -0.1) is 0 Å². The summed E-state index contributed by atoms with van der Waals surface area (Å²) in [5.74, 6) is 0. The molecule has 0 saturated carbocycles. The number of pyridine rings is 1. The third-order valence-corrected chi connectivity index (χ3v) is 2.49. The zero-order valence-corrected chi connectivity index (χ0v) is 8.37. The topological polar surface area (TPSA) is 62.4 Å². The van der Waals surface area contributed by atoms with Gasteiger partial charge in [-0.2, -0.15) is 0 Å². The lowest BCUT2D eigenvalue weighted by Crippen LogP contribution is -2.51. The Bertz CT molecular complexity index is 363. The summed E-state index contributed by atoms with van der Waals surface area (Å²) in [4.78, 5) is 6.34. The van der Waals surface area contributed by atoms with Gasteiger partial charge in [0, 0.05) is 25.5 Å². The first-order chi connectivity index (χ1) is 6.68. The van der Waals surface area contributed by atoms with Gasteiger partial charge in [-0.1, -0.05) is 12.2 Å². The van der Waals surface area contributed by atoms with E-state index in [0.29, 0.717) is 18.1 Å². The molecule has 0 unspecified atom stereocenters. The van der Waals surface area contributed by atoms with E-state index in [1.807, 2.05) is 11.0 Å². The van der Waals surface area contributed by atoms with Crippen LogP contribution in [0.5, 0.6) is 0 Å². The van der Waals surface area contributed by atoms with E-state index < -0.39 is 0 Å². The standard InChI is InChI=1S/C9H11N3OS/c10-9(14)7-3-11-2-1-8(7)12-4-6(13)5-12/h1-3,6,13H,4-5H2,(H2,10,14). The van der Waals surface area contributed by atoms with Crippen molar-refractivity contribution in [2.24, 2.45) is 5.73 Å². The van der Waals surface area contributed by atoms with E-state index in [4.69, 9.17) is 18.0 Å². The highest BCUT2D eigenvalue weighted by molar-refractivity contribution is 7.80. The van der Waals surface area contributed by atoms with Crippen LogP contribution >= 0.6 is 12.2 Å². The zero-order chi connectivity index (χ0) is 10.1. The van der Waals surface area contributed by atoms with Crippen molar-refractivity contribution in [2.45, 2.75) is 6.10 Å². The Morgan fingerprint density at radius 3 is 2.93 bits per heavy atom. The van der Waals surface area contributed by atoms with Crippen LogP contribution in [0.25, 0.3) is 0 Å². The quantitative estimate of drug-likeness (QED) is 0.666. The lowest BCUT2D eigenvalue weighted by molar-refractivity contribution is 0.142. The summed E-state index contributed by atoms with van der Waals surface area (Å²) in [7, 11) is 0. The number of rotatable bonds is 2. The molecule has 0 radical (unpaired) electrons. The van der Waals surface area contributed by atoms with Gasteiger partial charge in [0.25, 0.3) is 0 Å². The van der Waals surface area contributed by atoms with Gasteiger partial charge in [0.05, 0.1) is 17.4 Å². The summed E-state index contributed by atoms with van der Waals surface area (Å²) < 4.78 is 0. The minimum atomic E-state index is -0.234. The van der Waals surface area contributed by atoms with Crippen molar-refractivity contribution >= 4 is 22.9 Å². The molecule has 1 aromatic rings. The Hall–Kier alpha value is -1.20. The van der Waals surface area contributed by atoms with E-state index in [1.54, 1.807) is 12.4 Å². The molecule has 2 heterocycles. The third-order valence-electron chi connectivity index (χ3n) is 2.27. The second-order valence-electron chi connectivity index (χ2n) is 3.32. The molecule has 1 fully saturated rings. The number of nitrogens with zero attached hydrogens (tertiary/aromatic N) is 2. The average Bonchev–Trinajstić information content (AvgIpc) is 2.13. The molecule has 4 nitrogen and oxygen atoms in total. The van der Waals surface area contributed by atoms with E-state index in [9.17, 15) is 5.11 Å². The van der Waals surface area contributed by atoms with Crippen LogP contribution in [0.3, 0.4) is 0 Å². The molecule has 0 bridgehead atoms. The van der Waals surface area contributed by atoms with E-state index in [0.717, 1.165) is 11.3 Å². The maximum absolute atomic E-state index is 9.19. The largest absolute Gasteiger partial charge is 0.389 e. The number of hydrogen-bond donors (Lipinski definition) is 2. The van der Waals surface area contributed by atoms with Gasteiger partial charge in [-0.05, 0) is 6.07 Å². The maximum atomic E-state index is 9.19. The summed E-state index contributed by atoms with van der Waals surface area (Å²) >= 11 is 4.92.